The average molecular weight is 1410 g/mol. The monoisotopic (exact) mass is 1410 g/mol. The van der Waals surface area contributed by atoms with Crippen molar-refractivity contribution < 1.29 is 0 Å². The largest absolute Gasteiger partial charge is 0.306 e. The molecule has 9 heterocycles. The zero-order valence-corrected chi connectivity index (χ0v) is 62.6. The Kier molecular flexibility index (Phi) is 18.0. The Morgan fingerprint density at radius 2 is 0.684 bits per heavy atom. The molecule has 16 fully saturated rings. The quantitative estimate of drug-likeness (QED) is 0.0734. The van der Waals surface area contributed by atoms with Gasteiger partial charge in [0.15, 0.2) is 0 Å². The fraction of sp³-hybridized carbons (Fsp3) is 0.573. The second-order valence-electron chi connectivity index (χ2n) is 33.4. The predicted molar refractivity (Wildman–Crippen MR) is 412 cm³/mol. The van der Waals surface area contributed by atoms with Gasteiger partial charge in [-0.1, -0.05) is 6.07 Å². The summed E-state index contributed by atoms with van der Waals surface area (Å²) in [5.74, 6) is 12.3. The van der Waals surface area contributed by atoms with Crippen molar-refractivity contribution in [1.29, 1.82) is 0 Å². The fourth-order valence-corrected chi connectivity index (χ4v) is 31.0. The Balaban J connectivity index is 0.0000000929. The lowest BCUT2D eigenvalue weighted by molar-refractivity contribution is -0.0206. The van der Waals surface area contributed by atoms with Crippen LogP contribution < -0.4 is 21.3 Å². The summed E-state index contributed by atoms with van der Waals surface area (Å²) in [6, 6.07) is 34.3. The standard InChI is InChI=1S/C23H25NS3.2C20H25NS2.C19H24N2S/c1-2-19(25-7-1)20-5-6-22(27-20)21-4-3-18(26-21)14-24-23-11-15-8-16(12-23)10-17(9-15)13-23;1-13-2-4-18(22-13)19-5-3-17(23-19)12-21-20-9-14-6-15(10-20)8-16(7-14)11-20;1-13-4-17(12-22-13)19-3-2-18(23-19)11-21-20-8-14-5-15(9-20)7-16(6-14)10-20;1-2-18(16-3-4-20-11-16)22-17(1)12-21-19-8-13-5-14(9-19)7-15(6-13)10-19/h1-7,15-17,24H,8-14H2;2-5,14-16,21H,6-12H2,1H3;2-4,12,14-16,21H,5-11H2,1H3;1-4,13-15,21H,5-12H2. The smallest absolute Gasteiger partial charge is 0.0654 e. The maximum atomic E-state index is 4.30. The van der Waals surface area contributed by atoms with Crippen molar-refractivity contribution in [3.05, 3.63) is 142 Å². The molecule has 0 spiro atoms. The van der Waals surface area contributed by atoms with Crippen molar-refractivity contribution in [1.82, 2.24) is 21.3 Å². The first kappa shape index (κ1) is 64.0. The molecule has 16 saturated carbocycles. The molecule has 0 saturated heterocycles. The molecule has 0 radical (unpaired) electrons. The SMILES string of the molecule is C1=NCC(c2ccc(CNC34CC5CC(CC(C5)C3)C4)s2)=C1.Cc1cc(-c2ccc(CNC34CC5CC(CC(C5)C3)C4)s2)cs1.Cc1ccc(-c2ccc(CNC34CC5CC(CC(C5)C3)C4)s2)s1.c1csc(-c2ccc(-c3ccc(CNC45CC6CC(CC(C6)C4)C5)s3)s2)c1. The minimum atomic E-state index is 0.466. The van der Waals surface area contributed by atoms with Crippen LogP contribution in [-0.2, 0) is 26.2 Å². The molecular formula is C82H99N5S8. The third-order valence-electron chi connectivity index (χ3n) is 25.9. The summed E-state index contributed by atoms with van der Waals surface area (Å²) in [7, 11) is 0. The Morgan fingerprint density at radius 3 is 1.03 bits per heavy atom. The van der Waals surface area contributed by atoms with E-state index < -0.39 is 0 Å². The molecule has 16 aliphatic carbocycles. The lowest BCUT2D eigenvalue weighted by atomic mass is 9.53. The molecule has 1 aliphatic heterocycles. The van der Waals surface area contributed by atoms with E-state index in [1.54, 1.807) is 0 Å². The van der Waals surface area contributed by atoms with Crippen molar-refractivity contribution in [2.45, 2.75) is 216 Å². The number of hydrogen-bond donors (Lipinski definition) is 4. The van der Waals surface area contributed by atoms with Crippen LogP contribution in [0.25, 0.3) is 45.3 Å². The van der Waals surface area contributed by atoms with E-state index >= 15 is 0 Å². The van der Waals surface area contributed by atoms with E-state index in [1.807, 2.05) is 96.9 Å². The Hall–Kier alpha value is -3.15. The number of aliphatic imine (C=N–C) groups is 1. The van der Waals surface area contributed by atoms with Crippen LogP contribution in [-0.4, -0.2) is 34.9 Å². The van der Waals surface area contributed by atoms with Gasteiger partial charge < -0.3 is 21.3 Å². The van der Waals surface area contributed by atoms with Crippen LogP contribution in [0.4, 0.5) is 0 Å². The maximum Gasteiger partial charge on any atom is 0.0654 e. The highest BCUT2D eigenvalue weighted by molar-refractivity contribution is 7.26. The minimum Gasteiger partial charge on any atom is -0.306 e. The van der Waals surface area contributed by atoms with Crippen LogP contribution in [0, 0.1) is 84.9 Å². The number of thiophene rings is 8. The van der Waals surface area contributed by atoms with Gasteiger partial charge >= 0.3 is 0 Å². The first-order valence-corrected chi connectivity index (χ1v) is 43.8. The van der Waals surface area contributed by atoms with E-state index in [4.69, 9.17) is 0 Å². The van der Waals surface area contributed by atoms with Crippen molar-refractivity contribution in [3.8, 4) is 39.7 Å². The topological polar surface area (TPSA) is 60.5 Å². The summed E-state index contributed by atoms with van der Waals surface area (Å²) >= 11 is 15.4. The van der Waals surface area contributed by atoms with Crippen LogP contribution in [0.5, 0.6) is 0 Å². The van der Waals surface area contributed by atoms with Gasteiger partial charge in [0.1, 0.15) is 0 Å². The van der Waals surface area contributed by atoms with Gasteiger partial charge in [0, 0.05) is 128 Å². The Labute approximate surface area is 599 Å². The Morgan fingerprint density at radius 1 is 0.347 bits per heavy atom. The van der Waals surface area contributed by atoms with Gasteiger partial charge in [0.05, 0.1) is 6.54 Å². The van der Waals surface area contributed by atoms with Crippen molar-refractivity contribution in [2.75, 3.05) is 6.54 Å². The number of nitrogens with zero attached hydrogens (tertiary/aromatic N) is 1. The van der Waals surface area contributed by atoms with Gasteiger partial charge in [-0.25, -0.2) is 0 Å². The second kappa shape index (κ2) is 26.7. The summed E-state index contributed by atoms with van der Waals surface area (Å²) in [6.45, 7) is 9.50. The fourth-order valence-electron chi connectivity index (χ4n) is 23.6. The number of allylic oxidation sites excluding steroid dienone is 1. The van der Waals surface area contributed by atoms with Crippen LogP contribution in [0.2, 0.25) is 0 Å². The van der Waals surface area contributed by atoms with Crippen LogP contribution >= 0.6 is 90.7 Å². The summed E-state index contributed by atoms with van der Waals surface area (Å²) in [5, 5.41) is 20.6. The number of rotatable bonds is 17. The molecule has 0 aromatic carbocycles. The first-order valence-electron chi connectivity index (χ1n) is 37.2. The zero-order chi connectivity index (χ0) is 63.3. The van der Waals surface area contributed by atoms with Gasteiger partial charge in [-0.3, -0.25) is 4.99 Å². The van der Waals surface area contributed by atoms with Crippen LogP contribution in [0.1, 0.15) is 188 Å². The van der Waals surface area contributed by atoms with E-state index in [9.17, 15) is 0 Å². The summed E-state index contributed by atoms with van der Waals surface area (Å²) in [4.78, 5) is 24.4. The molecule has 95 heavy (non-hydrogen) atoms. The molecule has 13 heteroatoms. The third-order valence-corrected chi connectivity index (χ3v) is 34.8. The highest BCUT2D eigenvalue weighted by atomic mass is 32.1. The van der Waals surface area contributed by atoms with Gasteiger partial charge in [-0.05, 0) is 346 Å². The van der Waals surface area contributed by atoms with Crippen molar-refractivity contribution >= 4 is 102 Å². The molecule has 5 nitrogen and oxygen atoms in total. The summed E-state index contributed by atoms with van der Waals surface area (Å²) in [5.41, 5.74) is 4.70. The highest BCUT2D eigenvalue weighted by Crippen LogP contribution is 2.60. The summed E-state index contributed by atoms with van der Waals surface area (Å²) < 4.78 is 0. The van der Waals surface area contributed by atoms with Crippen LogP contribution in [0.15, 0.2) is 113 Å². The molecule has 17 aliphatic rings. The molecule has 25 rings (SSSR count). The first-order chi connectivity index (χ1) is 46.4. The number of hydrogen-bond acceptors (Lipinski definition) is 13. The number of aryl methyl sites for hydroxylation is 2. The number of nitrogens with one attached hydrogen (secondary N) is 4. The summed E-state index contributed by atoms with van der Waals surface area (Å²) in [6.07, 6.45) is 39.7. The lowest BCUT2D eigenvalue weighted by Gasteiger charge is -2.57. The molecule has 4 N–H and O–H groups in total. The van der Waals surface area contributed by atoms with E-state index in [0.29, 0.717) is 22.2 Å². The van der Waals surface area contributed by atoms with Gasteiger partial charge in [-0.15, -0.1) is 90.7 Å². The molecule has 0 unspecified atom stereocenters. The van der Waals surface area contributed by atoms with Crippen molar-refractivity contribution in [3.63, 3.8) is 0 Å². The van der Waals surface area contributed by atoms with E-state index in [-0.39, 0.29) is 0 Å². The van der Waals surface area contributed by atoms with E-state index in [2.05, 4.69) is 148 Å². The van der Waals surface area contributed by atoms with E-state index in [0.717, 1.165) is 104 Å². The second-order valence-corrected chi connectivity index (χ2v) is 42.6. The van der Waals surface area contributed by atoms with Gasteiger partial charge in [0.2, 0.25) is 0 Å². The highest BCUT2D eigenvalue weighted by Gasteiger charge is 2.54. The lowest BCUT2D eigenvalue weighted by Crippen LogP contribution is -2.58. The minimum absolute atomic E-state index is 0.466. The third kappa shape index (κ3) is 14.1. The molecular weight excluding hydrogens is 1310 g/mol. The zero-order valence-electron chi connectivity index (χ0n) is 56.1. The molecule has 0 atom stereocenters. The normalized spacial score (nSPS) is 34.9. The predicted octanol–water partition coefficient (Wildman–Crippen LogP) is 23.2. The molecule has 0 amide bonds. The van der Waals surface area contributed by atoms with Crippen LogP contribution in [0.3, 0.4) is 0 Å². The van der Waals surface area contributed by atoms with Gasteiger partial charge in [0.25, 0.3) is 0 Å². The average Bonchev–Trinajstić information content (AvgIpc) is 1.15. The van der Waals surface area contributed by atoms with Gasteiger partial charge in [-0.2, -0.15) is 0 Å². The van der Waals surface area contributed by atoms with E-state index in [1.165, 1.54) is 234 Å². The Bertz CT molecular complexity index is 3750. The van der Waals surface area contributed by atoms with Crippen molar-refractivity contribution in [2.24, 2.45) is 76.0 Å². The molecule has 8 aromatic heterocycles. The molecule has 16 bridgehead atoms. The maximum absolute atomic E-state index is 4.30. The molecule has 8 aromatic rings. The molecule has 500 valence electrons.